The van der Waals surface area contributed by atoms with Crippen LogP contribution >= 0.6 is 0 Å². The Hall–Kier alpha value is -2.50. The van der Waals surface area contributed by atoms with E-state index in [1.54, 1.807) is 18.2 Å². The van der Waals surface area contributed by atoms with Crippen molar-refractivity contribution < 1.29 is 9.18 Å². The molecule has 0 unspecified atom stereocenters. The predicted octanol–water partition coefficient (Wildman–Crippen LogP) is 2.43. The van der Waals surface area contributed by atoms with Crippen molar-refractivity contribution in [3.63, 3.8) is 0 Å². The first-order valence-corrected chi connectivity index (χ1v) is 6.30. The third-order valence-corrected chi connectivity index (χ3v) is 3.30. The summed E-state index contributed by atoms with van der Waals surface area (Å²) in [6.07, 6.45) is 5.90. The second kappa shape index (κ2) is 4.88. The van der Waals surface area contributed by atoms with E-state index in [2.05, 4.69) is 20.6 Å². The minimum Gasteiger partial charge on any atom is -0.328 e. The van der Waals surface area contributed by atoms with Gasteiger partial charge in [0.1, 0.15) is 5.82 Å². The number of hydrogen-bond donors (Lipinski definition) is 2. The lowest BCUT2D eigenvalue weighted by atomic mass is 10.0. The van der Waals surface area contributed by atoms with E-state index in [9.17, 15) is 9.18 Å². The highest BCUT2D eigenvalue weighted by atomic mass is 19.1. The maximum absolute atomic E-state index is 13.8. The number of amides is 2. The molecule has 6 heteroatoms. The van der Waals surface area contributed by atoms with Crippen molar-refractivity contribution >= 4 is 11.8 Å². The van der Waals surface area contributed by atoms with Gasteiger partial charge < -0.3 is 5.32 Å². The van der Waals surface area contributed by atoms with Crippen LogP contribution in [0.5, 0.6) is 0 Å². The van der Waals surface area contributed by atoms with Gasteiger partial charge in [0.2, 0.25) is 0 Å². The number of aromatic nitrogens is 2. The molecule has 0 atom stereocenters. The highest BCUT2D eigenvalue weighted by Gasteiger charge is 2.47. The smallest absolute Gasteiger partial charge is 0.321 e. The zero-order valence-corrected chi connectivity index (χ0v) is 10.6. The summed E-state index contributed by atoms with van der Waals surface area (Å²) in [5, 5.41) is 5.40. The summed E-state index contributed by atoms with van der Waals surface area (Å²) in [5.74, 6) is 0.0548. The number of nitrogens with one attached hydrogen (secondary N) is 2. The van der Waals surface area contributed by atoms with Crippen molar-refractivity contribution in [3.05, 3.63) is 54.2 Å². The molecule has 1 saturated carbocycles. The lowest BCUT2D eigenvalue weighted by molar-refractivity contribution is 0.247. The second-order valence-electron chi connectivity index (χ2n) is 4.73. The minimum absolute atomic E-state index is 0.301. The maximum Gasteiger partial charge on any atom is 0.321 e. The van der Waals surface area contributed by atoms with Gasteiger partial charge in [-0.2, -0.15) is 0 Å². The number of carbonyl (C=O) groups excluding carboxylic acids is 1. The number of rotatable bonds is 3. The van der Waals surface area contributed by atoms with Crippen LogP contribution in [0.15, 0.2) is 42.9 Å². The fraction of sp³-hybridized carbons (Fsp3) is 0.214. The molecule has 1 fully saturated rings. The Balaban J connectivity index is 1.72. The van der Waals surface area contributed by atoms with Crippen LogP contribution in [0.3, 0.4) is 0 Å². The number of hydrogen-bond acceptors (Lipinski definition) is 3. The molecule has 0 spiro atoms. The van der Waals surface area contributed by atoms with Crippen LogP contribution in [0.2, 0.25) is 0 Å². The van der Waals surface area contributed by atoms with Crippen molar-refractivity contribution in [2.75, 3.05) is 5.32 Å². The molecule has 1 heterocycles. The molecule has 1 aromatic heterocycles. The Morgan fingerprint density at radius 1 is 1.25 bits per heavy atom. The molecule has 1 aliphatic carbocycles. The quantitative estimate of drug-likeness (QED) is 0.901. The molecule has 5 nitrogen and oxygen atoms in total. The van der Waals surface area contributed by atoms with Crippen LogP contribution in [0.1, 0.15) is 18.4 Å². The number of halogens is 1. The molecule has 1 aliphatic rings. The van der Waals surface area contributed by atoms with Crippen molar-refractivity contribution in [2.24, 2.45) is 0 Å². The molecule has 1 aromatic carbocycles. The SMILES string of the molecule is O=C(Nc1cnccn1)NC1(c2ccccc2F)CC1. The van der Waals surface area contributed by atoms with E-state index < -0.39 is 11.6 Å². The average molecular weight is 272 g/mol. The lowest BCUT2D eigenvalue weighted by Crippen LogP contribution is -2.38. The molecule has 2 amide bonds. The Bertz CT molecular complexity index is 628. The second-order valence-corrected chi connectivity index (χ2v) is 4.73. The van der Waals surface area contributed by atoms with Crippen molar-refractivity contribution in [1.82, 2.24) is 15.3 Å². The van der Waals surface area contributed by atoms with Gasteiger partial charge in [0.15, 0.2) is 5.82 Å². The summed E-state index contributed by atoms with van der Waals surface area (Å²) < 4.78 is 13.8. The summed E-state index contributed by atoms with van der Waals surface area (Å²) in [6, 6.07) is 6.09. The molecule has 0 bridgehead atoms. The van der Waals surface area contributed by atoms with Gasteiger partial charge in [-0.3, -0.25) is 10.3 Å². The summed E-state index contributed by atoms with van der Waals surface area (Å²) >= 11 is 0. The van der Waals surface area contributed by atoms with Crippen molar-refractivity contribution in [1.29, 1.82) is 0 Å². The number of carbonyl (C=O) groups is 1. The normalized spacial score (nSPS) is 15.4. The Kier molecular flexibility index (Phi) is 3.06. The Morgan fingerprint density at radius 2 is 2.05 bits per heavy atom. The van der Waals surface area contributed by atoms with Crippen LogP contribution in [0, 0.1) is 5.82 Å². The van der Waals surface area contributed by atoms with Crippen LogP contribution in [0.4, 0.5) is 15.0 Å². The maximum atomic E-state index is 13.8. The largest absolute Gasteiger partial charge is 0.328 e. The highest BCUT2D eigenvalue weighted by Crippen LogP contribution is 2.46. The molecular weight excluding hydrogens is 259 g/mol. The Morgan fingerprint density at radius 3 is 2.70 bits per heavy atom. The van der Waals surface area contributed by atoms with Gasteiger partial charge in [0.05, 0.1) is 11.7 Å². The van der Waals surface area contributed by atoms with E-state index >= 15 is 0 Å². The molecule has 20 heavy (non-hydrogen) atoms. The van der Waals surface area contributed by atoms with E-state index in [-0.39, 0.29) is 5.82 Å². The van der Waals surface area contributed by atoms with Gasteiger partial charge in [0.25, 0.3) is 0 Å². The van der Waals surface area contributed by atoms with Crippen LogP contribution in [0.25, 0.3) is 0 Å². The summed E-state index contributed by atoms with van der Waals surface area (Å²) in [7, 11) is 0. The molecule has 0 radical (unpaired) electrons. The van der Waals surface area contributed by atoms with E-state index in [1.807, 2.05) is 0 Å². The summed E-state index contributed by atoms with van der Waals surface area (Å²) in [5.41, 5.74) is -0.0771. The van der Waals surface area contributed by atoms with E-state index in [1.165, 1.54) is 24.7 Å². The fourth-order valence-electron chi connectivity index (χ4n) is 2.16. The van der Waals surface area contributed by atoms with Crippen LogP contribution < -0.4 is 10.6 Å². The lowest BCUT2D eigenvalue weighted by Gasteiger charge is -2.18. The molecule has 0 saturated heterocycles. The molecule has 0 aliphatic heterocycles. The van der Waals surface area contributed by atoms with E-state index in [0.717, 1.165) is 12.8 Å². The van der Waals surface area contributed by atoms with E-state index in [4.69, 9.17) is 0 Å². The van der Waals surface area contributed by atoms with Gasteiger partial charge in [-0.1, -0.05) is 18.2 Å². The van der Waals surface area contributed by atoms with Crippen molar-refractivity contribution in [3.8, 4) is 0 Å². The highest BCUT2D eigenvalue weighted by molar-refractivity contribution is 5.89. The molecule has 3 rings (SSSR count). The molecule has 2 N–H and O–H groups in total. The summed E-state index contributed by atoms with van der Waals surface area (Å²) in [6.45, 7) is 0. The topological polar surface area (TPSA) is 66.9 Å². The number of nitrogens with zero attached hydrogens (tertiary/aromatic N) is 2. The zero-order valence-electron chi connectivity index (χ0n) is 10.6. The standard InChI is InChI=1S/C14H13FN4O/c15-11-4-2-1-3-10(11)14(5-6-14)19-13(20)18-12-9-16-7-8-17-12/h1-4,7-9H,5-6H2,(H2,17,18,19,20). The fourth-order valence-corrected chi connectivity index (χ4v) is 2.16. The van der Waals surface area contributed by atoms with Crippen molar-refractivity contribution in [2.45, 2.75) is 18.4 Å². The first-order valence-electron chi connectivity index (χ1n) is 6.30. The van der Waals surface area contributed by atoms with Gasteiger partial charge in [-0.15, -0.1) is 0 Å². The third-order valence-electron chi connectivity index (χ3n) is 3.30. The number of benzene rings is 1. The zero-order chi connectivity index (χ0) is 14.0. The first kappa shape index (κ1) is 12.5. The third kappa shape index (κ3) is 2.45. The molecule has 2 aromatic rings. The monoisotopic (exact) mass is 272 g/mol. The van der Waals surface area contributed by atoms with Crippen LogP contribution in [-0.2, 0) is 5.54 Å². The van der Waals surface area contributed by atoms with E-state index in [0.29, 0.717) is 11.4 Å². The first-order chi connectivity index (χ1) is 9.70. The summed E-state index contributed by atoms with van der Waals surface area (Å²) in [4.78, 5) is 19.7. The van der Waals surface area contributed by atoms with Gasteiger partial charge in [-0.25, -0.2) is 14.2 Å². The average Bonchev–Trinajstić information content (AvgIpc) is 3.20. The Labute approximate surface area is 115 Å². The number of anilines is 1. The molecule has 102 valence electrons. The van der Waals surface area contributed by atoms with Gasteiger partial charge in [-0.05, 0) is 18.9 Å². The number of urea groups is 1. The molecular formula is C14H13FN4O. The van der Waals surface area contributed by atoms with Crippen LogP contribution in [-0.4, -0.2) is 16.0 Å². The minimum atomic E-state index is -0.600. The predicted molar refractivity (Wildman–Crippen MR) is 71.5 cm³/mol. The van der Waals surface area contributed by atoms with Gasteiger partial charge >= 0.3 is 6.03 Å². The van der Waals surface area contributed by atoms with Gasteiger partial charge in [0, 0.05) is 18.0 Å².